The van der Waals surface area contributed by atoms with Gasteiger partial charge in [-0.3, -0.25) is 0 Å². The topological polar surface area (TPSA) is 68.3 Å². The summed E-state index contributed by atoms with van der Waals surface area (Å²) in [6, 6.07) is 3.11. The maximum absolute atomic E-state index is 11.9. The van der Waals surface area contributed by atoms with Crippen molar-refractivity contribution in [3.63, 3.8) is 0 Å². The van der Waals surface area contributed by atoms with Crippen molar-refractivity contribution in [1.82, 2.24) is 9.71 Å². The van der Waals surface area contributed by atoms with Crippen molar-refractivity contribution in [3.8, 4) is 5.88 Å². The van der Waals surface area contributed by atoms with E-state index < -0.39 is 10.0 Å². The van der Waals surface area contributed by atoms with E-state index in [2.05, 4.69) is 9.71 Å². The Morgan fingerprint density at radius 3 is 2.94 bits per heavy atom. The van der Waals surface area contributed by atoms with Crippen LogP contribution < -0.4 is 9.46 Å². The summed E-state index contributed by atoms with van der Waals surface area (Å²) in [5.74, 6) is 0.229. The summed E-state index contributed by atoms with van der Waals surface area (Å²) >= 11 is 0. The lowest BCUT2D eigenvalue weighted by Gasteiger charge is -2.39. The summed E-state index contributed by atoms with van der Waals surface area (Å²) in [7, 11) is -3.46. The van der Waals surface area contributed by atoms with Gasteiger partial charge in [0.2, 0.25) is 15.9 Å². The molecule has 16 heavy (non-hydrogen) atoms. The molecule has 0 atom stereocenters. The van der Waals surface area contributed by atoms with Crippen LogP contribution in [0.5, 0.6) is 5.88 Å². The molecule has 1 aromatic rings. The monoisotopic (exact) mass is 240 g/mol. The molecule has 1 saturated carbocycles. The van der Waals surface area contributed by atoms with Gasteiger partial charge in [-0.15, -0.1) is 0 Å². The number of nitrogens with zero attached hydrogens (tertiary/aromatic N) is 1. The lowest BCUT2D eigenvalue weighted by Crippen LogP contribution is -2.50. The molecule has 0 amide bonds. The highest BCUT2D eigenvalue weighted by Gasteiger charge is 2.44. The van der Waals surface area contributed by atoms with Gasteiger partial charge in [0.15, 0.2) is 0 Å². The van der Waals surface area contributed by atoms with E-state index in [-0.39, 0.29) is 16.4 Å². The van der Waals surface area contributed by atoms with Crippen LogP contribution in [0.3, 0.4) is 0 Å². The Balaban J connectivity index is 2.11. The van der Waals surface area contributed by atoms with Crippen LogP contribution >= 0.6 is 0 Å². The zero-order chi connectivity index (χ0) is 11.2. The third-order valence-corrected chi connectivity index (χ3v) is 4.60. The minimum Gasteiger partial charge on any atom is -0.469 e. The number of hydrogen-bond acceptors (Lipinski definition) is 4. The quantitative estimate of drug-likeness (QED) is 0.724. The van der Waals surface area contributed by atoms with Gasteiger partial charge in [-0.25, -0.2) is 18.1 Å². The molecule has 5 nitrogen and oxygen atoms in total. The second kappa shape index (κ2) is 3.18. The molecule has 1 spiro atoms. The molecule has 0 saturated heterocycles. The van der Waals surface area contributed by atoms with Gasteiger partial charge in [0.25, 0.3) is 0 Å². The van der Waals surface area contributed by atoms with Crippen molar-refractivity contribution in [1.29, 1.82) is 0 Å². The van der Waals surface area contributed by atoms with E-state index >= 15 is 0 Å². The Bertz CT molecular complexity index is 523. The van der Waals surface area contributed by atoms with Crippen molar-refractivity contribution in [2.24, 2.45) is 0 Å². The summed E-state index contributed by atoms with van der Waals surface area (Å²) in [4.78, 5) is 4.15. The number of rotatable bonds is 0. The van der Waals surface area contributed by atoms with Crippen LogP contribution in [0.1, 0.15) is 19.3 Å². The molecular weight excluding hydrogens is 228 g/mol. The minimum absolute atomic E-state index is 0.138. The van der Waals surface area contributed by atoms with Gasteiger partial charge in [0, 0.05) is 6.20 Å². The Hall–Kier alpha value is -1.14. The fourth-order valence-electron chi connectivity index (χ4n) is 2.05. The van der Waals surface area contributed by atoms with Crippen LogP contribution in [-0.2, 0) is 10.0 Å². The highest BCUT2D eigenvalue weighted by molar-refractivity contribution is 7.89. The van der Waals surface area contributed by atoms with Crippen LogP contribution in [0.15, 0.2) is 23.2 Å². The van der Waals surface area contributed by atoms with Crippen molar-refractivity contribution in [3.05, 3.63) is 18.3 Å². The Kier molecular flexibility index (Phi) is 1.99. The van der Waals surface area contributed by atoms with Crippen molar-refractivity contribution in [2.45, 2.75) is 29.8 Å². The standard InChI is InChI=1S/C10H12N2O3S/c13-16(14)8-3-1-6-11-9(8)15-10(7-12-16)4-2-5-10/h1,3,6,12H,2,4-5,7H2. The van der Waals surface area contributed by atoms with Gasteiger partial charge in [-0.05, 0) is 31.4 Å². The number of pyridine rings is 1. The van der Waals surface area contributed by atoms with Gasteiger partial charge in [0.1, 0.15) is 10.5 Å². The van der Waals surface area contributed by atoms with E-state index in [1.54, 1.807) is 12.3 Å². The maximum atomic E-state index is 11.9. The molecule has 6 heteroatoms. The lowest BCUT2D eigenvalue weighted by atomic mass is 9.80. The highest BCUT2D eigenvalue weighted by Crippen LogP contribution is 2.39. The normalized spacial score (nSPS) is 25.0. The molecule has 0 bridgehead atoms. The lowest BCUT2D eigenvalue weighted by molar-refractivity contribution is -0.00552. The number of hydrogen-bond donors (Lipinski definition) is 1. The van der Waals surface area contributed by atoms with Crippen LogP contribution in [0.4, 0.5) is 0 Å². The first kappa shape index (κ1) is 10.0. The van der Waals surface area contributed by atoms with Crippen LogP contribution in [0.2, 0.25) is 0 Å². The van der Waals surface area contributed by atoms with Crippen LogP contribution in [-0.4, -0.2) is 25.5 Å². The average Bonchev–Trinajstić information content (AvgIpc) is 2.33. The molecule has 1 N–H and O–H groups in total. The van der Waals surface area contributed by atoms with Gasteiger partial charge >= 0.3 is 0 Å². The summed E-state index contributed by atoms with van der Waals surface area (Å²) in [5, 5.41) is 0. The minimum atomic E-state index is -3.46. The Morgan fingerprint density at radius 1 is 1.44 bits per heavy atom. The number of aromatic nitrogens is 1. The zero-order valence-corrected chi connectivity index (χ0v) is 9.46. The predicted molar refractivity (Wildman–Crippen MR) is 56.6 cm³/mol. The number of ether oxygens (including phenoxy) is 1. The molecule has 0 radical (unpaired) electrons. The first-order chi connectivity index (χ1) is 7.61. The molecule has 86 valence electrons. The van der Waals surface area contributed by atoms with E-state index in [4.69, 9.17) is 4.74 Å². The molecule has 1 aliphatic heterocycles. The molecular formula is C10H12N2O3S. The third-order valence-electron chi connectivity index (χ3n) is 3.19. The van der Waals surface area contributed by atoms with E-state index in [9.17, 15) is 8.42 Å². The van der Waals surface area contributed by atoms with Crippen LogP contribution in [0.25, 0.3) is 0 Å². The van der Waals surface area contributed by atoms with E-state index in [1.807, 2.05) is 0 Å². The van der Waals surface area contributed by atoms with E-state index in [1.165, 1.54) is 6.07 Å². The molecule has 1 aliphatic carbocycles. The fraction of sp³-hybridized carbons (Fsp3) is 0.500. The molecule has 2 heterocycles. The summed E-state index contributed by atoms with van der Waals surface area (Å²) in [6.45, 7) is 0.339. The molecule has 0 aromatic carbocycles. The van der Waals surface area contributed by atoms with Crippen molar-refractivity contribution < 1.29 is 13.2 Å². The second-order valence-corrected chi connectivity index (χ2v) is 6.01. The first-order valence-corrected chi connectivity index (χ1v) is 6.73. The Labute approximate surface area is 93.9 Å². The zero-order valence-electron chi connectivity index (χ0n) is 8.64. The molecule has 2 aliphatic rings. The van der Waals surface area contributed by atoms with Crippen molar-refractivity contribution in [2.75, 3.05) is 6.54 Å². The summed E-state index contributed by atoms with van der Waals surface area (Å²) < 4.78 is 32.1. The van der Waals surface area contributed by atoms with E-state index in [0.29, 0.717) is 6.54 Å². The third kappa shape index (κ3) is 1.41. The van der Waals surface area contributed by atoms with E-state index in [0.717, 1.165) is 19.3 Å². The van der Waals surface area contributed by atoms with Gasteiger partial charge in [0.05, 0.1) is 6.54 Å². The smallest absolute Gasteiger partial charge is 0.246 e. The average molecular weight is 240 g/mol. The summed E-state index contributed by atoms with van der Waals surface area (Å²) in [5.41, 5.74) is -0.368. The fourth-order valence-corrected chi connectivity index (χ4v) is 3.24. The van der Waals surface area contributed by atoms with Gasteiger partial charge in [-0.1, -0.05) is 0 Å². The van der Waals surface area contributed by atoms with Crippen molar-refractivity contribution >= 4 is 10.0 Å². The summed E-state index contributed by atoms with van der Waals surface area (Å²) in [6.07, 6.45) is 4.38. The van der Waals surface area contributed by atoms with Crippen LogP contribution in [0, 0.1) is 0 Å². The molecule has 0 unspecified atom stereocenters. The largest absolute Gasteiger partial charge is 0.469 e. The SMILES string of the molecule is O=S1(=O)NCC2(CCC2)Oc2ncccc21. The molecule has 1 aromatic heterocycles. The molecule has 1 fully saturated rings. The highest BCUT2D eigenvalue weighted by atomic mass is 32.2. The number of fused-ring (bicyclic) bond motifs is 1. The first-order valence-electron chi connectivity index (χ1n) is 5.25. The molecule has 3 rings (SSSR count). The second-order valence-electron chi connectivity index (χ2n) is 4.27. The van der Waals surface area contributed by atoms with Gasteiger partial charge < -0.3 is 4.74 Å². The van der Waals surface area contributed by atoms with Gasteiger partial charge in [-0.2, -0.15) is 0 Å². The predicted octanol–water partition coefficient (Wildman–Crippen LogP) is 0.675. The Morgan fingerprint density at radius 2 is 2.25 bits per heavy atom. The number of sulfonamides is 1. The number of nitrogens with one attached hydrogen (secondary N) is 1. The maximum Gasteiger partial charge on any atom is 0.246 e.